The minimum atomic E-state index is -5.04. The van der Waals surface area contributed by atoms with Crippen LogP contribution in [-0.4, -0.2) is 86.9 Å². The van der Waals surface area contributed by atoms with Gasteiger partial charge < -0.3 is 29.7 Å². The summed E-state index contributed by atoms with van der Waals surface area (Å²) in [5.41, 5.74) is -1.13. The van der Waals surface area contributed by atoms with Gasteiger partial charge in [0.25, 0.3) is 10.4 Å². The van der Waals surface area contributed by atoms with Gasteiger partial charge in [0.15, 0.2) is 0 Å². The van der Waals surface area contributed by atoms with Crippen LogP contribution in [0.15, 0.2) is 5.16 Å². The van der Waals surface area contributed by atoms with Gasteiger partial charge in [-0.3, -0.25) is 4.28 Å². The van der Waals surface area contributed by atoms with E-state index in [2.05, 4.69) is 9.44 Å². The maximum absolute atomic E-state index is 10.7. The fourth-order valence-electron chi connectivity index (χ4n) is 2.39. The molecule has 0 aliphatic carbocycles. The molecule has 27 heavy (non-hydrogen) atoms. The van der Waals surface area contributed by atoms with Crippen LogP contribution in [0.25, 0.3) is 0 Å². The number of hydrogen-bond acceptors (Lipinski definition) is 12. The number of hydrogen-bond donors (Lipinski definition) is 4. The highest BCUT2D eigenvalue weighted by Gasteiger charge is 2.44. The quantitative estimate of drug-likeness (QED) is 0.0811. The average Bonchev–Trinajstić information content (AvgIpc) is 2.61. The molecule has 0 saturated carbocycles. The lowest BCUT2D eigenvalue weighted by atomic mass is 10.0. The standard InChI is InChI=1S/C14H27NO9S3/c1-25-7-5-3-2-4-6-10(15-24-27(20,21)22)26-14-13(19)12(18)11(17)9(8-16)23-14/h9,11-14,16-19H,2-8H2,1H3,(H,20,21,22)/p-1/b15-10+/t9-,11-,12+,13-,14+/m1/s1. The molecule has 1 fully saturated rings. The molecule has 0 amide bonds. The van der Waals surface area contributed by atoms with Crippen LogP contribution in [0.1, 0.15) is 32.1 Å². The Morgan fingerprint density at radius 1 is 1.15 bits per heavy atom. The van der Waals surface area contributed by atoms with Crippen molar-refractivity contribution in [3.05, 3.63) is 0 Å². The first-order valence-corrected chi connectivity index (χ1v) is 12.0. The Hall–Kier alpha value is -0.120. The van der Waals surface area contributed by atoms with Crippen LogP contribution < -0.4 is 0 Å². The largest absolute Gasteiger partial charge is 0.714 e. The van der Waals surface area contributed by atoms with E-state index < -0.39 is 46.9 Å². The summed E-state index contributed by atoms with van der Waals surface area (Å²) in [6, 6.07) is 0. The first-order chi connectivity index (χ1) is 12.7. The molecule has 4 N–H and O–H groups in total. The van der Waals surface area contributed by atoms with Crippen LogP contribution in [0.2, 0.25) is 0 Å². The van der Waals surface area contributed by atoms with Crippen LogP contribution in [0.4, 0.5) is 0 Å². The number of ether oxygens (including phenoxy) is 1. The van der Waals surface area contributed by atoms with Crippen molar-refractivity contribution in [1.29, 1.82) is 0 Å². The van der Waals surface area contributed by atoms with Gasteiger partial charge in [0, 0.05) is 0 Å². The number of aliphatic hydroxyl groups is 4. The van der Waals surface area contributed by atoms with E-state index in [0.717, 1.165) is 36.8 Å². The summed E-state index contributed by atoms with van der Waals surface area (Å²) in [4.78, 5) is 0. The highest BCUT2D eigenvalue weighted by Crippen LogP contribution is 2.30. The Balaban J connectivity index is 2.71. The van der Waals surface area contributed by atoms with Crippen molar-refractivity contribution in [3.8, 4) is 0 Å². The van der Waals surface area contributed by atoms with E-state index >= 15 is 0 Å². The molecule has 0 unspecified atom stereocenters. The molecule has 1 aliphatic heterocycles. The Bertz CT molecular complexity index is 558. The first kappa shape index (κ1) is 24.9. The topological polar surface area (TPSA) is 169 Å². The molecule has 0 aromatic heterocycles. The second kappa shape index (κ2) is 12.4. The summed E-state index contributed by atoms with van der Waals surface area (Å²) in [5.74, 6) is 1.04. The number of unbranched alkanes of at least 4 members (excludes halogenated alkanes) is 3. The van der Waals surface area contributed by atoms with Gasteiger partial charge in [-0.25, -0.2) is 0 Å². The van der Waals surface area contributed by atoms with Crippen molar-refractivity contribution in [2.75, 3.05) is 18.6 Å². The van der Waals surface area contributed by atoms with Gasteiger partial charge in [0.05, 0.1) is 6.61 Å². The van der Waals surface area contributed by atoms with Crippen LogP contribution >= 0.6 is 23.5 Å². The van der Waals surface area contributed by atoms with E-state index in [-0.39, 0.29) is 11.5 Å². The summed E-state index contributed by atoms with van der Waals surface area (Å²) in [6.07, 6.45) is 0.109. The molecular weight excluding hydrogens is 422 g/mol. The van der Waals surface area contributed by atoms with E-state index in [4.69, 9.17) is 4.74 Å². The average molecular weight is 449 g/mol. The van der Waals surface area contributed by atoms with Crippen molar-refractivity contribution in [2.24, 2.45) is 5.16 Å². The van der Waals surface area contributed by atoms with Crippen LogP contribution in [-0.2, 0) is 19.4 Å². The summed E-state index contributed by atoms with van der Waals surface area (Å²) in [6.45, 7) is -0.588. The molecule has 1 aliphatic rings. The van der Waals surface area contributed by atoms with Crippen molar-refractivity contribution >= 4 is 39.0 Å². The third-order valence-electron chi connectivity index (χ3n) is 3.82. The zero-order valence-corrected chi connectivity index (χ0v) is 17.3. The molecule has 0 aromatic rings. The molecule has 1 heterocycles. The maximum atomic E-state index is 10.7. The lowest BCUT2D eigenvalue weighted by molar-refractivity contribution is -0.205. The Labute approximate surface area is 167 Å². The predicted octanol–water partition coefficient (Wildman–Crippen LogP) is -0.377. The lowest BCUT2D eigenvalue weighted by Gasteiger charge is -2.39. The van der Waals surface area contributed by atoms with Gasteiger partial charge in [0.2, 0.25) is 0 Å². The molecule has 0 spiro atoms. The first-order valence-electron chi connectivity index (χ1n) is 8.37. The SMILES string of the molecule is CSCCCCCC/C(=N\OS(=O)(=O)[O-])S[C@@H]1O[C@H](CO)[C@@H](O)[C@H](O)[C@H]1O. The molecule has 160 valence electrons. The molecular formula is C14H26NO9S3-. The zero-order valence-electron chi connectivity index (χ0n) is 14.8. The molecule has 10 nitrogen and oxygen atoms in total. The summed E-state index contributed by atoms with van der Waals surface area (Å²) >= 11 is 2.52. The van der Waals surface area contributed by atoms with Gasteiger partial charge in [-0.05, 0) is 31.3 Å². The number of rotatable bonds is 11. The minimum Gasteiger partial charge on any atom is -0.714 e. The zero-order chi connectivity index (χ0) is 20.4. The Morgan fingerprint density at radius 3 is 2.41 bits per heavy atom. The fourth-order valence-corrected chi connectivity index (χ4v) is 4.22. The third-order valence-corrected chi connectivity index (χ3v) is 5.95. The molecule has 1 rings (SSSR count). The van der Waals surface area contributed by atoms with E-state index in [1.807, 2.05) is 6.26 Å². The Morgan fingerprint density at radius 2 is 1.81 bits per heavy atom. The van der Waals surface area contributed by atoms with Crippen LogP contribution in [0.3, 0.4) is 0 Å². The normalized spacial score (nSPS) is 29.7. The van der Waals surface area contributed by atoms with Gasteiger partial charge in [0.1, 0.15) is 34.9 Å². The summed E-state index contributed by atoms with van der Waals surface area (Å²) in [5, 5.41) is 42.3. The number of nitrogens with zero attached hydrogens (tertiary/aromatic N) is 1. The lowest BCUT2D eigenvalue weighted by Crippen LogP contribution is -2.57. The number of aliphatic hydroxyl groups excluding tert-OH is 4. The van der Waals surface area contributed by atoms with Crippen LogP contribution in [0.5, 0.6) is 0 Å². The molecule has 0 bridgehead atoms. The second-order valence-corrected chi connectivity index (χ2v) is 9.06. The predicted molar refractivity (Wildman–Crippen MR) is 101 cm³/mol. The van der Waals surface area contributed by atoms with Crippen LogP contribution in [0, 0.1) is 0 Å². The van der Waals surface area contributed by atoms with Gasteiger partial charge >= 0.3 is 0 Å². The fraction of sp³-hybridized carbons (Fsp3) is 0.929. The summed E-state index contributed by atoms with van der Waals surface area (Å²) in [7, 11) is -5.04. The Kier molecular flexibility index (Phi) is 11.5. The molecule has 13 heteroatoms. The molecule has 0 radical (unpaired) electrons. The van der Waals surface area contributed by atoms with E-state index in [9.17, 15) is 33.4 Å². The number of oxime groups is 1. The second-order valence-electron chi connectivity index (χ2n) is 5.94. The molecule has 5 atom stereocenters. The number of thioether (sulfide) groups is 2. The minimum absolute atomic E-state index is 0.0867. The van der Waals surface area contributed by atoms with E-state index in [0.29, 0.717) is 6.42 Å². The van der Waals surface area contributed by atoms with E-state index in [1.54, 1.807) is 11.8 Å². The monoisotopic (exact) mass is 448 g/mol. The highest BCUT2D eigenvalue weighted by molar-refractivity contribution is 8.14. The van der Waals surface area contributed by atoms with Crippen molar-refractivity contribution in [2.45, 2.75) is 62.0 Å². The van der Waals surface area contributed by atoms with Crippen molar-refractivity contribution < 1.29 is 42.4 Å². The van der Waals surface area contributed by atoms with E-state index in [1.165, 1.54) is 0 Å². The summed E-state index contributed by atoms with van der Waals surface area (Å²) < 4.78 is 41.2. The molecule has 0 aromatic carbocycles. The third kappa shape index (κ3) is 9.28. The molecule has 1 saturated heterocycles. The van der Waals surface area contributed by atoms with Crippen molar-refractivity contribution in [1.82, 2.24) is 0 Å². The maximum Gasteiger partial charge on any atom is 0.284 e. The highest BCUT2D eigenvalue weighted by atomic mass is 32.3. The van der Waals surface area contributed by atoms with Crippen molar-refractivity contribution in [3.63, 3.8) is 0 Å². The van der Waals surface area contributed by atoms with Gasteiger partial charge in [-0.2, -0.15) is 20.2 Å². The van der Waals surface area contributed by atoms with Gasteiger partial charge in [-0.15, -0.1) is 0 Å². The van der Waals surface area contributed by atoms with Gasteiger partial charge in [-0.1, -0.05) is 29.8 Å². The smallest absolute Gasteiger partial charge is 0.284 e.